The standard InChI is InChI=1S/C23H23ClN2O3S/c1-16-8-11-20(12-9-16)30(28,29)26-19-10-13-21(22(24)14-19)23(27)25-15-17(2)18-6-4-3-5-7-18/h3-14,17,26H,15H2,1-2H3,(H,25,27)/t17-/m1/s1. The Morgan fingerprint density at radius 3 is 2.30 bits per heavy atom. The van der Waals surface area contributed by atoms with Gasteiger partial charge in [0.1, 0.15) is 0 Å². The van der Waals surface area contributed by atoms with Gasteiger partial charge in [-0.05, 0) is 48.7 Å². The summed E-state index contributed by atoms with van der Waals surface area (Å²) in [5.74, 6) is -0.162. The highest BCUT2D eigenvalue weighted by molar-refractivity contribution is 7.92. The predicted octanol–water partition coefficient (Wildman–Crippen LogP) is 4.98. The molecule has 156 valence electrons. The molecule has 0 aliphatic rings. The zero-order valence-electron chi connectivity index (χ0n) is 16.7. The number of rotatable bonds is 7. The van der Waals surface area contributed by atoms with Gasteiger partial charge in [0.05, 0.1) is 21.2 Å². The largest absolute Gasteiger partial charge is 0.351 e. The Bertz CT molecular complexity index is 1130. The van der Waals surface area contributed by atoms with Gasteiger partial charge >= 0.3 is 0 Å². The molecule has 0 fully saturated rings. The third-order valence-electron chi connectivity index (χ3n) is 4.73. The molecule has 0 aromatic heterocycles. The first-order chi connectivity index (χ1) is 14.3. The fraction of sp³-hybridized carbons (Fsp3) is 0.174. The van der Waals surface area contributed by atoms with E-state index in [-0.39, 0.29) is 33.0 Å². The van der Waals surface area contributed by atoms with Gasteiger partial charge in [0, 0.05) is 6.54 Å². The van der Waals surface area contributed by atoms with E-state index in [1.54, 1.807) is 12.1 Å². The van der Waals surface area contributed by atoms with Crippen molar-refractivity contribution in [3.63, 3.8) is 0 Å². The van der Waals surface area contributed by atoms with Gasteiger partial charge in [0.25, 0.3) is 15.9 Å². The normalized spacial score (nSPS) is 12.2. The monoisotopic (exact) mass is 442 g/mol. The number of aryl methyl sites for hydroxylation is 1. The van der Waals surface area contributed by atoms with Crippen LogP contribution in [-0.2, 0) is 10.0 Å². The molecule has 5 nitrogen and oxygen atoms in total. The predicted molar refractivity (Wildman–Crippen MR) is 121 cm³/mol. The van der Waals surface area contributed by atoms with Gasteiger partial charge in [-0.1, -0.05) is 66.6 Å². The molecular formula is C23H23ClN2O3S. The molecule has 0 saturated heterocycles. The van der Waals surface area contributed by atoms with Crippen molar-refractivity contribution in [3.8, 4) is 0 Å². The lowest BCUT2D eigenvalue weighted by Crippen LogP contribution is -2.27. The molecule has 0 bridgehead atoms. The molecule has 2 N–H and O–H groups in total. The van der Waals surface area contributed by atoms with Crippen LogP contribution in [-0.4, -0.2) is 20.9 Å². The first-order valence-electron chi connectivity index (χ1n) is 9.48. The molecule has 3 aromatic carbocycles. The summed E-state index contributed by atoms with van der Waals surface area (Å²) in [5, 5.41) is 3.05. The van der Waals surface area contributed by atoms with E-state index >= 15 is 0 Å². The highest BCUT2D eigenvalue weighted by Crippen LogP contribution is 2.24. The SMILES string of the molecule is Cc1ccc(S(=O)(=O)Nc2ccc(C(=O)NC[C@@H](C)c3ccccc3)c(Cl)c2)cc1. The highest BCUT2D eigenvalue weighted by atomic mass is 35.5. The summed E-state index contributed by atoms with van der Waals surface area (Å²) in [5.41, 5.74) is 2.67. The number of sulfonamides is 1. The van der Waals surface area contributed by atoms with Crippen LogP contribution in [0.25, 0.3) is 0 Å². The van der Waals surface area contributed by atoms with Crippen LogP contribution in [0.5, 0.6) is 0 Å². The van der Waals surface area contributed by atoms with E-state index in [4.69, 9.17) is 11.6 Å². The highest BCUT2D eigenvalue weighted by Gasteiger charge is 2.17. The molecule has 1 amide bonds. The Morgan fingerprint density at radius 1 is 1.00 bits per heavy atom. The van der Waals surface area contributed by atoms with Gasteiger partial charge in [0.15, 0.2) is 0 Å². The van der Waals surface area contributed by atoms with E-state index < -0.39 is 10.0 Å². The number of benzene rings is 3. The van der Waals surface area contributed by atoms with Crippen molar-refractivity contribution in [1.29, 1.82) is 0 Å². The molecule has 0 spiro atoms. The van der Waals surface area contributed by atoms with Gasteiger partial charge in [-0.15, -0.1) is 0 Å². The summed E-state index contributed by atoms with van der Waals surface area (Å²) in [7, 11) is -3.74. The quantitative estimate of drug-likeness (QED) is 0.541. The number of halogens is 1. The van der Waals surface area contributed by atoms with Crippen LogP contribution in [0.2, 0.25) is 5.02 Å². The van der Waals surface area contributed by atoms with Crippen LogP contribution in [0, 0.1) is 6.92 Å². The van der Waals surface area contributed by atoms with Gasteiger partial charge in [-0.3, -0.25) is 9.52 Å². The van der Waals surface area contributed by atoms with Gasteiger partial charge in [0.2, 0.25) is 0 Å². The smallest absolute Gasteiger partial charge is 0.261 e. The lowest BCUT2D eigenvalue weighted by atomic mass is 10.0. The molecule has 1 atom stereocenters. The van der Waals surface area contributed by atoms with Crippen molar-refractivity contribution in [2.75, 3.05) is 11.3 Å². The number of hydrogen-bond donors (Lipinski definition) is 2. The molecule has 0 saturated carbocycles. The third-order valence-corrected chi connectivity index (χ3v) is 6.44. The summed E-state index contributed by atoms with van der Waals surface area (Å²) in [6, 6.07) is 20.9. The lowest BCUT2D eigenvalue weighted by molar-refractivity contribution is 0.0952. The minimum Gasteiger partial charge on any atom is -0.351 e. The van der Waals surface area contributed by atoms with Gasteiger partial charge in [-0.2, -0.15) is 0 Å². The number of carbonyl (C=O) groups is 1. The van der Waals surface area contributed by atoms with E-state index in [0.717, 1.165) is 11.1 Å². The lowest BCUT2D eigenvalue weighted by Gasteiger charge is -2.14. The fourth-order valence-electron chi connectivity index (χ4n) is 2.93. The Morgan fingerprint density at radius 2 is 1.67 bits per heavy atom. The zero-order chi connectivity index (χ0) is 21.7. The van der Waals surface area contributed by atoms with E-state index in [2.05, 4.69) is 10.0 Å². The van der Waals surface area contributed by atoms with E-state index in [1.807, 2.05) is 44.2 Å². The Kier molecular flexibility index (Phi) is 6.80. The molecule has 0 aliphatic heterocycles. The molecular weight excluding hydrogens is 420 g/mol. The van der Waals surface area contributed by atoms with Crippen LogP contribution in [0.15, 0.2) is 77.7 Å². The Labute approximate surface area is 182 Å². The van der Waals surface area contributed by atoms with Gasteiger partial charge < -0.3 is 5.32 Å². The van der Waals surface area contributed by atoms with Crippen molar-refractivity contribution in [3.05, 3.63) is 94.5 Å². The number of anilines is 1. The van der Waals surface area contributed by atoms with Gasteiger partial charge in [-0.25, -0.2) is 8.42 Å². The van der Waals surface area contributed by atoms with E-state index in [9.17, 15) is 13.2 Å². The molecule has 3 aromatic rings. The molecule has 0 unspecified atom stereocenters. The average molecular weight is 443 g/mol. The molecule has 30 heavy (non-hydrogen) atoms. The maximum atomic E-state index is 12.5. The van der Waals surface area contributed by atoms with Crippen LogP contribution in [0.4, 0.5) is 5.69 Å². The molecule has 0 heterocycles. The maximum absolute atomic E-state index is 12.5. The summed E-state index contributed by atoms with van der Waals surface area (Å²) >= 11 is 6.26. The minimum absolute atomic E-state index is 0.148. The summed E-state index contributed by atoms with van der Waals surface area (Å²) < 4.78 is 27.5. The first kappa shape index (κ1) is 21.9. The number of nitrogens with one attached hydrogen (secondary N) is 2. The third kappa shape index (κ3) is 5.40. The van der Waals surface area contributed by atoms with E-state index in [1.165, 1.54) is 30.3 Å². The van der Waals surface area contributed by atoms with Crippen LogP contribution < -0.4 is 10.0 Å². The maximum Gasteiger partial charge on any atom is 0.261 e. The molecule has 0 aliphatic carbocycles. The van der Waals surface area contributed by atoms with Crippen LogP contribution in [0.1, 0.15) is 34.3 Å². The number of amides is 1. The molecule has 0 radical (unpaired) electrons. The minimum atomic E-state index is -3.74. The first-order valence-corrected chi connectivity index (χ1v) is 11.3. The summed E-state index contributed by atoms with van der Waals surface area (Å²) in [6.07, 6.45) is 0. The summed E-state index contributed by atoms with van der Waals surface area (Å²) in [6.45, 7) is 4.37. The van der Waals surface area contributed by atoms with Crippen molar-refractivity contribution >= 4 is 33.2 Å². The Balaban J connectivity index is 1.67. The number of hydrogen-bond acceptors (Lipinski definition) is 3. The number of carbonyl (C=O) groups excluding carboxylic acids is 1. The van der Waals surface area contributed by atoms with Crippen molar-refractivity contribution < 1.29 is 13.2 Å². The van der Waals surface area contributed by atoms with Crippen molar-refractivity contribution in [1.82, 2.24) is 5.32 Å². The average Bonchev–Trinajstić information content (AvgIpc) is 2.72. The second-order valence-electron chi connectivity index (χ2n) is 7.13. The van der Waals surface area contributed by atoms with E-state index in [0.29, 0.717) is 6.54 Å². The summed E-state index contributed by atoms with van der Waals surface area (Å²) in [4.78, 5) is 12.7. The van der Waals surface area contributed by atoms with Crippen LogP contribution >= 0.6 is 11.6 Å². The second-order valence-corrected chi connectivity index (χ2v) is 9.22. The second kappa shape index (κ2) is 9.32. The molecule has 7 heteroatoms. The Hall–Kier alpha value is -2.83. The topological polar surface area (TPSA) is 75.3 Å². The van der Waals surface area contributed by atoms with Crippen molar-refractivity contribution in [2.45, 2.75) is 24.7 Å². The zero-order valence-corrected chi connectivity index (χ0v) is 18.3. The fourth-order valence-corrected chi connectivity index (χ4v) is 4.25. The van der Waals surface area contributed by atoms with Crippen molar-refractivity contribution in [2.24, 2.45) is 0 Å². The van der Waals surface area contributed by atoms with Crippen LogP contribution in [0.3, 0.4) is 0 Å². The molecule has 3 rings (SSSR count).